The molecule has 2 N–H and O–H groups in total. The second-order valence-corrected chi connectivity index (χ2v) is 6.73. The number of nitrogens with one attached hydrogen (secondary N) is 2. The molecule has 26 heavy (non-hydrogen) atoms. The summed E-state index contributed by atoms with van der Waals surface area (Å²) in [6.45, 7) is 2.22. The van der Waals surface area contributed by atoms with Crippen LogP contribution in [0.1, 0.15) is 29.8 Å². The third-order valence-electron chi connectivity index (χ3n) is 5.12. The van der Waals surface area contributed by atoms with E-state index in [4.69, 9.17) is 14.2 Å². The minimum Gasteiger partial charge on any atom is -0.493 e. The van der Waals surface area contributed by atoms with Crippen LogP contribution in [0.4, 0.5) is 0 Å². The summed E-state index contributed by atoms with van der Waals surface area (Å²) in [5, 5.41) is 5.01. The minimum atomic E-state index is 0.0369. The summed E-state index contributed by atoms with van der Waals surface area (Å²) in [5.74, 6) is 1.94. The van der Waals surface area contributed by atoms with Gasteiger partial charge in [-0.05, 0) is 42.7 Å². The molecule has 0 bridgehead atoms. The Balaban J connectivity index is 1.89. The second-order valence-electron chi connectivity index (χ2n) is 6.73. The average Bonchev–Trinajstić information content (AvgIpc) is 3.04. The Bertz CT molecular complexity index is 923. The maximum absolute atomic E-state index is 5.54. The van der Waals surface area contributed by atoms with Crippen LogP contribution in [0.3, 0.4) is 0 Å². The van der Waals surface area contributed by atoms with Crippen molar-refractivity contribution in [2.24, 2.45) is 0 Å². The van der Waals surface area contributed by atoms with Gasteiger partial charge in [0, 0.05) is 22.6 Å². The average molecular weight is 352 g/mol. The molecule has 0 amide bonds. The first-order chi connectivity index (χ1) is 12.7. The van der Waals surface area contributed by atoms with E-state index >= 15 is 0 Å². The number of fused-ring (bicyclic) bond motifs is 3. The van der Waals surface area contributed by atoms with Crippen molar-refractivity contribution >= 4 is 10.9 Å². The minimum absolute atomic E-state index is 0.0369. The van der Waals surface area contributed by atoms with Gasteiger partial charge in [0.05, 0.1) is 27.4 Å². The van der Waals surface area contributed by atoms with E-state index in [1.165, 1.54) is 22.2 Å². The van der Waals surface area contributed by atoms with Crippen molar-refractivity contribution in [3.05, 3.63) is 53.2 Å². The zero-order valence-electron chi connectivity index (χ0n) is 15.6. The van der Waals surface area contributed by atoms with Crippen LogP contribution < -0.4 is 19.5 Å². The number of para-hydroxylation sites is 1. The number of H-pyrrole nitrogens is 1. The molecular formula is C21H24N2O3. The number of hydrogen-bond acceptors (Lipinski definition) is 4. The van der Waals surface area contributed by atoms with E-state index < -0.39 is 0 Å². The van der Waals surface area contributed by atoms with Crippen LogP contribution in [0.5, 0.6) is 17.2 Å². The third kappa shape index (κ3) is 2.59. The lowest BCUT2D eigenvalue weighted by atomic mass is 9.90. The number of benzene rings is 2. The van der Waals surface area contributed by atoms with Gasteiger partial charge in [-0.15, -0.1) is 0 Å². The number of rotatable bonds is 4. The van der Waals surface area contributed by atoms with E-state index in [9.17, 15) is 0 Å². The number of aromatic amines is 1. The zero-order chi connectivity index (χ0) is 18.3. The highest BCUT2D eigenvalue weighted by Crippen LogP contribution is 2.42. The van der Waals surface area contributed by atoms with Crippen LogP contribution in [0.15, 0.2) is 36.4 Å². The Labute approximate surface area is 153 Å². The van der Waals surface area contributed by atoms with Crippen LogP contribution in [0.25, 0.3) is 10.9 Å². The van der Waals surface area contributed by atoms with E-state index in [1.807, 2.05) is 12.1 Å². The van der Waals surface area contributed by atoms with Gasteiger partial charge in [-0.1, -0.05) is 18.2 Å². The summed E-state index contributed by atoms with van der Waals surface area (Å²) < 4.78 is 16.5. The van der Waals surface area contributed by atoms with Crippen molar-refractivity contribution in [1.29, 1.82) is 0 Å². The number of aromatic nitrogens is 1. The molecule has 0 saturated carbocycles. The molecule has 5 nitrogen and oxygen atoms in total. The molecule has 1 aromatic heterocycles. The fourth-order valence-electron chi connectivity index (χ4n) is 3.95. The summed E-state index contributed by atoms with van der Waals surface area (Å²) in [6.07, 6.45) is 1.00. The smallest absolute Gasteiger partial charge is 0.203 e. The largest absolute Gasteiger partial charge is 0.493 e. The molecule has 2 aromatic carbocycles. The first-order valence-electron chi connectivity index (χ1n) is 8.81. The number of hydrogen-bond donors (Lipinski definition) is 2. The van der Waals surface area contributed by atoms with Gasteiger partial charge in [0.2, 0.25) is 5.75 Å². The van der Waals surface area contributed by atoms with Crippen molar-refractivity contribution in [1.82, 2.24) is 10.3 Å². The molecule has 5 heteroatoms. The van der Waals surface area contributed by atoms with Gasteiger partial charge in [0.1, 0.15) is 0 Å². The fourth-order valence-corrected chi connectivity index (χ4v) is 3.95. The van der Waals surface area contributed by atoms with E-state index in [0.717, 1.165) is 12.0 Å². The van der Waals surface area contributed by atoms with E-state index in [1.54, 1.807) is 21.3 Å². The van der Waals surface area contributed by atoms with Crippen molar-refractivity contribution in [3.8, 4) is 17.2 Å². The second kappa shape index (κ2) is 6.57. The van der Waals surface area contributed by atoms with E-state index in [-0.39, 0.29) is 6.04 Å². The SMILES string of the molecule is COc1cc([C@@H]2N[C@@H](C)Cc3c2[nH]c2ccccc32)cc(OC)c1OC. The monoisotopic (exact) mass is 352 g/mol. The third-order valence-corrected chi connectivity index (χ3v) is 5.12. The van der Waals surface area contributed by atoms with Crippen LogP contribution in [0, 0.1) is 0 Å². The molecule has 0 unspecified atom stereocenters. The summed E-state index contributed by atoms with van der Waals surface area (Å²) >= 11 is 0. The van der Waals surface area contributed by atoms with Gasteiger partial charge in [-0.3, -0.25) is 0 Å². The van der Waals surface area contributed by atoms with Gasteiger partial charge >= 0.3 is 0 Å². The predicted octanol–water partition coefficient (Wildman–Crippen LogP) is 3.82. The summed E-state index contributed by atoms with van der Waals surface area (Å²) in [4.78, 5) is 3.61. The van der Waals surface area contributed by atoms with E-state index in [0.29, 0.717) is 23.3 Å². The van der Waals surface area contributed by atoms with Gasteiger partial charge in [0.25, 0.3) is 0 Å². The normalized spacial score (nSPS) is 19.2. The molecule has 1 aliphatic heterocycles. The highest BCUT2D eigenvalue weighted by Gasteiger charge is 2.30. The molecule has 0 fully saturated rings. The molecule has 0 spiro atoms. The lowest BCUT2D eigenvalue weighted by Gasteiger charge is -2.30. The Morgan fingerprint density at radius 1 is 0.962 bits per heavy atom. The highest BCUT2D eigenvalue weighted by molar-refractivity contribution is 5.85. The first kappa shape index (κ1) is 16.8. The molecule has 0 aliphatic carbocycles. The zero-order valence-corrected chi connectivity index (χ0v) is 15.6. The molecule has 2 atom stereocenters. The number of ether oxygens (including phenoxy) is 3. The molecule has 2 heterocycles. The van der Waals surface area contributed by atoms with E-state index in [2.05, 4.69) is 41.5 Å². The Morgan fingerprint density at radius 3 is 2.31 bits per heavy atom. The first-order valence-corrected chi connectivity index (χ1v) is 8.81. The maximum atomic E-state index is 5.54. The fraction of sp³-hybridized carbons (Fsp3) is 0.333. The quantitative estimate of drug-likeness (QED) is 0.750. The van der Waals surface area contributed by atoms with Crippen LogP contribution in [-0.4, -0.2) is 32.4 Å². The Morgan fingerprint density at radius 2 is 1.65 bits per heavy atom. The molecule has 0 radical (unpaired) electrons. The van der Waals surface area contributed by atoms with Gasteiger partial charge in [0.15, 0.2) is 11.5 Å². The number of methoxy groups -OCH3 is 3. The van der Waals surface area contributed by atoms with Crippen LogP contribution in [0.2, 0.25) is 0 Å². The summed E-state index contributed by atoms with van der Waals surface area (Å²) in [6, 6.07) is 12.9. The lowest BCUT2D eigenvalue weighted by molar-refractivity contribution is 0.322. The predicted molar refractivity (Wildman–Crippen MR) is 103 cm³/mol. The van der Waals surface area contributed by atoms with Gasteiger partial charge in [-0.25, -0.2) is 0 Å². The Hall–Kier alpha value is -2.66. The van der Waals surface area contributed by atoms with Gasteiger partial charge < -0.3 is 24.5 Å². The standard InChI is InChI=1S/C21H24N2O3/c1-12-9-15-14-7-5-6-8-16(14)23-20(15)19(22-12)13-10-17(24-2)21(26-4)18(11-13)25-3/h5-8,10-12,19,22-23H,9H2,1-4H3/t12-,19-/m0/s1. The van der Waals surface area contributed by atoms with Crippen molar-refractivity contribution in [2.75, 3.05) is 21.3 Å². The molecule has 4 rings (SSSR count). The molecule has 0 saturated heterocycles. The van der Waals surface area contributed by atoms with Crippen molar-refractivity contribution in [2.45, 2.75) is 25.4 Å². The van der Waals surface area contributed by atoms with Crippen LogP contribution >= 0.6 is 0 Å². The molecule has 136 valence electrons. The summed E-state index contributed by atoms with van der Waals surface area (Å²) in [7, 11) is 4.91. The maximum Gasteiger partial charge on any atom is 0.203 e. The van der Waals surface area contributed by atoms with Gasteiger partial charge in [-0.2, -0.15) is 0 Å². The molecule has 3 aromatic rings. The Kier molecular flexibility index (Phi) is 4.24. The van der Waals surface area contributed by atoms with Crippen molar-refractivity contribution in [3.63, 3.8) is 0 Å². The van der Waals surface area contributed by atoms with Crippen molar-refractivity contribution < 1.29 is 14.2 Å². The lowest BCUT2D eigenvalue weighted by Crippen LogP contribution is -2.37. The molecule has 1 aliphatic rings. The highest BCUT2D eigenvalue weighted by atomic mass is 16.5. The van der Waals surface area contributed by atoms with Crippen LogP contribution in [-0.2, 0) is 6.42 Å². The topological polar surface area (TPSA) is 55.5 Å². The summed E-state index contributed by atoms with van der Waals surface area (Å²) in [5.41, 5.74) is 4.84. The molecular weight excluding hydrogens is 328 g/mol.